The van der Waals surface area contributed by atoms with Gasteiger partial charge in [-0.05, 0) is 42.0 Å². The molecule has 1 N–H and O–H groups in total. The van der Waals surface area contributed by atoms with E-state index in [-0.39, 0.29) is 5.56 Å². The predicted octanol–water partition coefficient (Wildman–Crippen LogP) is 2.67. The molecular formula is C27H30ClN7O4S. The molecule has 4 aromatic rings. The lowest BCUT2D eigenvalue weighted by atomic mass is 10.2. The molecule has 40 heavy (non-hydrogen) atoms. The number of nitrogens with one attached hydrogen (secondary N) is 1. The highest BCUT2D eigenvalue weighted by molar-refractivity contribution is 7.80. The van der Waals surface area contributed by atoms with E-state index in [1.807, 2.05) is 47.0 Å². The van der Waals surface area contributed by atoms with Crippen molar-refractivity contribution >= 4 is 51.7 Å². The molecule has 1 fully saturated rings. The van der Waals surface area contributed by atoms with Crippen LogP contribution in [0.1, 0.15) is 5.56 Å². The topological polar surface area (TPSA) is 98.8 Å². The lowest BCUT2D eigenvalue weighted by molar-refractivity contribution is 0.385. The number of ether oxygens (including phenoxy) is 2. The molecule has 13 heteroatoms. The summed E-state index contributed by atoms with van der Waals surface area (Å²) in [5, 5.41) is 4.47. The van der Waals surface area contributed by atoms with Crippen LogP contribution < -0.4 is 30.9 Å². The number of hydrogen-bond acceptors (Lipinski definition) is 7. The highest BCUT2D eigenvalue weighted by atomic mass is 35.5. The van der Waals surface area contributed by atoms with E-state index < -0.39 is 5.69 Å². The summed E-state index contributed by atoms with van der Waals surface area (Å²) < 4.78 is 15.2. The van der Waals surface area contributed by atoms with Gasteiger partial charge in [-0.25, -0.2) is 4.79 Å². The molecule has 1 saturated heterocycles. The lowest BCUT2D eigenvalue weighted by Gasteiger charge is -2.37. The second kappa shape index (κ2) is 11.2. The molecule has 210 valence electrons. The minimum absolute atomic E-state index is 0.349. The van der Waals surface area contributed by atoms with E-state index in [1.54, 1.807) is 21.3 Å². The normalized spacial score (nSPS) is 13.5. The highest BCUT2D eigenvalue weighted by Gasteiger charge is 2.27. The number of anilines is 2. The number of rotatable bonds is 6. The van der Waals surface area contributed by atoms with E-state index in [1.165, 1.54) is 11.6 Å². The van der Waals surface area contributed by atoms with Gasteiger partial charge in [0, 0.05) is 51.4 Å². The quantitative estimate of drug-likeness (QED) is 0.344. The van der Waals surface area contributed by atoms with Crippen LogP contribution in [0.5, 0.6) is 11.5 Å². The standard InChI is InChI=1S/C27H30ClN7O4S/c1-31-23-22(24(36)32(2)27(31)37)35(16-17-5-7-18(28)8-6-17)25(30-23)33-11-13-34(14-12-33)26(40)29-20-15-19(38-3)9-10-21(20)39-4/h5-10,15H,11-14,16H2,1-4H3,(H,29,40). The zero-order valence-corrected chi connectivity index (χ0v) is 24.3. The van der Waals surface area contributed by atoms with Gasteiger partial charge in [-0.2, -0.15) is 4.98 Å². The Bertz CT molecular complexity index is 1690. The number of imidazole rings is 1. The highest BCUT2D eigenvalue weighted by Crippen LogP contribution is 2.29. The van der Waals surface area contributed by atoms with Crippen LogP contribution in [-0.4, -0.2) is 69.1 Å². The Labute approximate surface area is 241 Å². The first-order valence-corrected chi connectivity index (χ1v) is 13.4. The van der Waals surface area contributed by atoms with Crippen molar-refractivity contribution in [1.29, 1.82) is 0 Å². The summed E-state index contributed by atoms with van der Waals surface area (Å²) in [6, 6.07) is 12.9. The summed E-state index contributed by atoms with van der Waals surface area (Å²) in [6.45, 7) is 2.86. The zero-order valence-electron chi connectivity index (χ0n) is 22.7. The van der Waals surface area contributed by atoms with Gasteiger partial charge >= 0.3 is 5.69 Å². The zero-order chi connectivity index (χ0) is 28.6. The number of aryl methyl sites for hydroxylation is 1. The molecule has 0 spiro atoms. The smallest absolute Gasteiger partial charge is 0.332 e. The Morgan fingerprint density at radius 2 is 1.70 bits per heavy atom. The summed E-state index contributed by atoms with van der Waals surface area (Å²) in [7, 11) is 6.32. The van der Waals surface area contributed by atoms with Crippen molar-refractivity contribution in [2.75, 3.05) is 50.6 Å². The lowest BCUT2D eigenvalue weighted by Crippen LogP contribution is -2.50. The molecule has 11 nitrogen and oxygen atoms in total. The Morgan fingerprint density at radius 1 is 1.00 bits per heavy atom. The first kappa shape index (κ1) is 27.5. The van der Waals surface area contributed by atoms with Crippen molar-refractivity contribution in [2.24, 2.45) is 14.1 Å². The van der Waals surface area contributed by atoms with E-state index in [2.05, 4.69) is 15.1 Å². The molecule has 0 bridgehead atoms. The third-order valence-corrected chi connectivity index (χ3v) is 7.69. The van der Waals surface area contributed by atoms with E-state index >= 15 is 0 Å². The van der Waals surface area contributed by atoms with Gasteiger partial charge < -0.3 is 24.6 Å². The molecule has 2 aromatic carbocycles. The average molecular weight is 584 g/mol. The molecule has 0 saturated carbocycles. The first-order chi connectivity index (χ1) is 19.2. The van der Waals surface area contributed by atoms with Crippen LogP contribution in [0.25, 0.3) is 11.2 Å². The van der Waals surface area contributed by atoms with Gasteiger partial charge in [-0.15, -0.1) is 0 Å². The van der Waals surface area contributed by atoms with Crippen molar-refractivity contribution in [3.63, 3.8) is 0 Å². The van der Waals surface area contributed by atoms with Crippen molar-refractivity contribution in [1.82, 2.24) is 23.6 Å². The van der Waals surface area contributed by atoms with Gasteiger partial charge in [-0.1, -0.05) is 23.7 Å². The van der Waals surface area contributed by atoms with Crippen molar-refractivity contribution in [3.05, 3.63) is 73.9 Å². The third kappa shape index (κ3) is 5.11. The number of aromatic nitrogens is 4. The van der Waals surface area contributed by atoms with E-state index in [4.69, 9.17) is 38.3 Å². The van der Waals surface area contributed by atoms with E-state index in [9.17, 15) is 9.59 Å². The molecule has 5 rings (SSSR count). The Morgan fingerprint density at radius 3 is 2.35 bits per heavy atom. The summed E-state index contributed by atoms with van der Waals surface area (Å²) in [5.41, 5.74) is 1.59. The number of hydrogen-bond donors (Lipinski definition) is 1. The number of fused-ring (bicyclic) bond motifs is 1. The van der Waals surface area contributed by atoms with Crippen LogP contribution in [-0.2, 0) is 20.6 Å². The largest absolute Gasteiger partial charge is 0.497 e. The van der Waals surface area contributed by atoms with E-state index in [0.717, 1.165) is 15.8 Å². The molecule has 0 unspecified atom stereocenters. The maximum absolute atomic E-state index is 13.3. The van der Waals surface area contributed by atoms with Crippen molar-refractivity contribution < 1.29 is 9.47 Å². The fourth-order valence-corrected chi connectivity index (χ4v) is 5.23. The predicted molar refractivity (Wildman–Crippen MR) is 160 cm³/mol. The van der Waals surface area contributed by atoms with Crippen LogP contribution in [0, 0.1) is 0 Å². The summed E-state index contributed by atoms with van der Waals surface area (Å²) in [4.78, 5) is 34.9. The van der Waals surface area contributed by atoms with Gasteiger partial charge in [0.1, 0.15) is 11.5 Å². The number of thiocarbonyl (C=S) groups is 1. The van der Waals surface area contributed by atoms with Crippen LogP contribution in [0.3, 0.4) is 0 Å². The maximum Gasteiger partial charge on any atom is 0.332 e. The fraction of sp³-hybridized carbons (Fsp3) is 0.333. The summed E-state index contributed by atoms with van der Waals surface area (Å²) in [5.74, 6) is 1.97. The second-order valence-electron chi connectivity index (χ2n) is 9.47. The van der Waals surface area contributed by atoms with Gasteiger partial charge in [-0.3, -0.25) is 18.5 Å². The van der Waals surface area contributed by atoms with E-state index in [0.29, 0.717) is 71.5 Å². The molecular weight excluding hydrogens is 554 g/mol. The average Bonchev–Trinajstić information content (AvgIpc) is 3.35. The molecule has 0 aliphatic carbocycles. The minimum atomic E-state index is -0.422. The third-order valence-electron chi connectivity index (χ3n) is 7.08. The number of halogens is 1. The van der Waals surface area contributed by atoms with Crippen LogP contribution in [0.4, 0.5) is 11.6 Å². The van der Waals surface area contributed by atoms with Crippen LogP contribution in [0.2, 0.25) is 5.02 Å². The summed E-state index contributed by atoms with van der Waals surface area (Å²) in [6.07, 6.45) is 0. The molecule has 3 heterocycles. The van der Waals surface area contributed by atoms with Gasteiger partial charge in [0.15, 0.2) is 16.3 Å². The van der Waals surface area contributed by atoms with Crippen LogP contribution >= 0.6 is 23.8 Å². The Hall–Kier alpha value is -4.03. The van der Waals surface area contributed by atoms with Crippen molar-refractivity contribution in [2.45, 2.75) is 6.54 Å². The Kier molecular flexibility index (Phi) is 7.72. The van der Waals surface area contributed by atoms with Crippen LogP contribution in [0.15, 0.2) is 52.1 Å². The SMILES string of the molecule is COc1ccc(OC)c(NC(=S)N2CCN(c3nc4c(c(=O)n(C)c(=O)n4C)n3Cc3ccc(Cl)cc3)CC2)c1. The fourth-order valence-electron chi connectivity index (χ4n) is 4.81. The first-order valence-electron chi connectivity index (χ1n) is 12.7. The molecule has 2 aromatic heterocycles. The molecule has 0 atom stereocenters. The molecule has 0 radical (unpaired) electrons. The van der Waals surface area contributed by atoms with Gasteiger partial charge in [0.2, 0.25) is 5.95 Å². The minimum Gasteiger partial charge on any atom is -0.497 e. The molecule has 1 aliphatic heterocycles. The van der Waals surface area contributed by atoms with Crippen molar-refractivity contribution in [3.8, 4) is 11.5 Å². The molecule has 0 amide bonds. The number of methoxy groups -OCH3 is 2. The monoisotopic (exact) mass is 583 g/mol. The second-order valence-corrected chi connectivity index (χ2v) is 10.3. The number of nitrogens with zero attached hydrogens (tertiary/aromatic N) is 6. The maximum atomic E-state index is 13.3. The van der Waals surface area contributed by atoms with Gasteiger partial charge in [0.25, 0.3) is 5.56 Å². The molecule has 1 aliphatic rings. The Balaban J connectivity index is 1.42. The van der Waals surface area contributed by atoms with Gasteiger partial charge in [0.05, 0.1) is 26.5 Å². The number of piperazine rings is 1. The number of benzene rings is 2. The summed E-state index contributed by atoms with van der Waals surface area (Å²) >= 11 is 11.8.